The molecule has 0 aliphatic rings. The molecule has 66 valence electrons. The van der Waals surface area contributed by atoms with Gasteiger partial charge in [-0.05, 0) is 30.9 Å². The van der Waals surface area contributed by atoms with Gasteiger partial charge in [0, 0.05) is 6.20 Å². The van der Waals surface area contributed by atoms with E-state index in [-0.39, 0.29) is 0 Å². The van der Waals surface area contributed by atoms with Crippen molar-refractivity contribution in [3.8, 4) is 0 Å². The lowest BCUT2D eigenvalue weighted by atomic mass is 10.1. The van der Waals surface area contributed by atoms with E-state index < -0.39 is 0 Å². The Labute approximate surface area is 73.8 Å². The second-order valence-electron chi connectivity index (χ2n) is 3.16. The van der Waals surface area contributed by atoms with Crippen molar-refractivity contribution < 1.29 is 0 Å². The first-order chi connectivity index (χ1) is 5.74. The summed E-state index contributed by atoms with van der Waals surface area (Å²) in [5.74, 6) is 0.689. The standard InChI is InChI=1S/C10H16N2/c1-3-4-5-9-6-8(2)7-12-10(9)11/h6-7H,3-5H2,1-2H3,(H2,11,12). The van der Waals surface area contributed by atoms with Crippen molar-refractivity contribution in [2.45, 2.75) is 33.1 Å². The van der Waals surface area contributed by atoms with Crippen LogP contribution < -0.4 is 5.73 Å². The summed E-state index contributed by atoms with van der Waals surface area (Å²) < 4.78 is 0. The summed E-state index contributed by atoms with van der Waals surface area (Å²) in [6, 6.07) is 2.12. The van der Waals surface area contributed by atoms with Crippen LogP contribution in [-0.2, 0) is 6.42 Å². The van der Waals surface area contributed by atoms with Gasteiger partial charge in [-0.3, -0.25) is 0 Å². The first-order valence-electron chi connectivity index (χ1n) is 4.45. The Morgan fingerprint density at radius 1 is 1.50 bits per heavy atom. The van der Waals surface area contributed by atoms with Gasteiger partial charge in [-0.1, -0.05) is 19.4 Å². The zero-order chi connectivity index (χ0) is 8.97. The van der Waals surface area contributed by atoms with Crippen LogP contribution in [0.15, 0.2) is 12.3 Å². The number of anilines is 1. The van der Waals surface area contributed by atoms with E-state index >= 15 is 0 Å². The molecule has 0 saturated heterocycles. The van der Waals surface area contributed by atoms with Crippen LogP contribution in [0.3, 0.4) is 0 Å². The third-order valence-electron chi connectivity index (χ3n) is 1.94. The van der Waals surface area contributed by atoms with E-state index in [1.54, 1.807) is 0 Å². The lowest BCUT2D eigenvalue weighted by Gasteiger charge is -2.04. The summed E-state index contributed by atoms with van der Waals surface area (Å²) in [5, 5.41) is 0. The average molecular weight is 164 g/mol. The number of nitrogens with zero attached hydrogens (tertiary/aromatic N) is 1. The molecule has 2 nitrogen and oxygen atoms in total. The van der Waals surface area contributed by atoms with Crippen LogP contribution in [-0.4, -0.2) is 4.98 Å². The van der Waals surface area contributed by atoms with E-state index in [9.17, 15) is 0 Å². The SMILES string of the molecule is CCCCc1cc(C)cnc1N. The van der Waals surface area contributed by atoms with Crippen molar-refractivity contribution in [1.29, 1.82) is 0 Å². The number of hydrogen-bond donors (Lipinski definition) is 1. The fourth-order valence-corrected chi connectivity index (χ4v) is 1.21. The van der Waals surface area contributed by atoms with Crippen LogP contribution in [0.5, 0.6) is 0 Å². The van der Waals surface area contributed by atoms with Crippen LogP contribution in [0.1, 0.15) is 30.9 Å². The van der Waals surface area contributed by atoms with E-state index in [1.807, 2.05) is 13.1 Å². The Balaban J connectivity index is 2.75. The molecule has 0 fully saturated rings. The van der Waals surface area contributed by atoms with Crippen LogP contribution >= 0.6 is 0 Å². The molecule has 0 saturated carbocycles. The summed E-state index contributed by atoms with van der Waals surface area (Å²) >= 11 is 0. The van der Waals surface area contributed by atoms with Crippen molar-refractivity contribution >= 4 is 5.82 Å². The number of pyridine rings is 1. The number of nitrogen functional groups attached to an aromatic ring is 1. The molecule has 0 radical (unpaired) electrons. The first kappa shape index (κ1) is 9.04. The fourth-order valence-electron chi connectivity index (χ4n) is 1.21. The highest BCUT2D eigenvalue weighted by Gasteiger charge is 1.99. The topological polar surface area (TPSA) is 38.9 Å². The van der Waals surface area contributed by atoms with Crippen molar-refractivity contribution in [3.63, 3.8) is 0 Å². The van der Waals surface area contributed by atoms with Gasteiger partial charge in [-0.25, -0.2) is 4.98 Å². The summed E-state index contributed by atoms with van der Waals surface area (Å²) in [5.41, 5.74) is 8.10. The van der Waals surface area contributed by atoms with Gasteiger partial charge in [0.2, 0.25) is 0 Å². The summed E-state index contributed by atoms with van der Waals surface area (Å²) in [6.45, 7) is 4.22. The smallest absolute Gasteiger partial charge is 0.126 e. The van der Waals surface area contributed by atoms with Gasteiger partial charge < -0.3 is 5.73 Å². The van der Waals surface area contributed by atoms with Gasteiger partial charge in [-0.15, -0.1) is 0 Å². The minimum Gasteiger partial charge on any atom is -0.383 e. The third-order valence-corrected chi connectivity index (χ3v) is 1.94. The maximum Gasteiger partial charge on any atom is 0.126 e. The molecule has 1 rings (SSSR count). The highest BCUT2D eigenvalue weighted by Crippen LogP contribution is 2.12. The summed E-state index contributed by atoms with van der Waals surface area (Å²) in [6.07, 6.45) is 5.25. The van der Waals surface area contributed by atoms with E-state index in [0.29, 0.717) is 5.82 Å². The van der Waals surface area contributed by atoms with Gasteiger partial charge in [0.25, 0.3) is 0 Å². The molecule has 0 aromatic carbocycles. The third kappa shape index (κ3) is 2.22. The molecular formula is C10H16N2. The Morgan fingerprint density at radius 3 is 2.92 bits per heavy atom. The Hall–Kier alpha value is -1.05. The molecule has 0 atom stereocenters. The molecule has 0 aliphatic carbocycles. The number of nitrogens with two attached hydrogens (primary N) is 1. The molecule has 1 aromatic rings. The normalized spacial score (nSPS) is 10.2. The molecule has 0 unspecified atom stereocenters. The van der Waals surface area contributed by atoms with Crippen molar-refractivity contribution in [2.24, 2.45) is 0 Å². The van der Waals surface area contributed by atoms with Gasteiger partial charge in [0.05, 0.1) is 0 Å². The first-order valence-corrected chi connectivity index (χ1v) is 4.45. The fraction of sp³-hybridized carbons (Fsp3) is 0.500. The van der Waals surface area contributed by atoms with Crippen LogP contribution in [0.2, 0.25) is 0 Å². The second-order valence-corrected chi connectivity index (χ2v) is 3.16. The van der Waals surface area contributed by atoms with E-state index in [4.69, 9.17) is 5.73 Å². The highest BCUT2D eigenvalue weighted by atomic mass is 14.8. The summed E-state index contributed by atoms with van der Waals surface area (Å²) in [4.78, 5) is 4.11. The summed E-state index contributed by atoms with van der Waals surface area (Å²) in [7, 11) is 0. The van der Waals surface area contributed by atoms with Gasteiger partial charge in [0.1, 0.15) is 5.82 Å². The average Bonchev–Trinajstić information content (AvgIpc) is 2.07. The Kier molecular flexibility index (Phi) is 3.09. The number of aromatic nitrogens is 1. The quantitative estimate of drug-likeness (QED) is 0.744. The monoisotopic (exact) mass is 164 g/mol. The lowest BCUT2D eigenvalue weighted by molar-refractivity contribution is 0.793. The predicted molar refractivity (Wildman–Crippen MR) is 52.0 cm³/mol. The zero-order valence-electron chi connectivity index (χ0n) is 7.80. The number of rotatable bonds is 3. The molecule has 0 aliphatic heterocycles. The largest absolute Gasteiger partial charge is 0.383 e. The molecule has 12 heavy (non-hydrogen) atoms. The molecule has 2 N–H and O–H groups in total. The van der Waals surface area contributed by atoms with Gasteiger partial charge in [-0.2, -0.15) is 0 Å². The number of aryl methyl sites for hydroxylation is 2. The van der Waals surface area contributed by atoms with Crippen LogP contribution in [0.25, 0.3) is 0 Å². The van der Waals surface area contributed by atoms with Crippen molar-refractivity contribution in [3.05, 3.63) is 23.4 Å². The minimum atomic E-state index is 0.689. The maximum atomic E-state index is 5.72. The Bertz CT molecular complexity index is 256. The Morgan fingerprint density at radius 2 is 2.25 bits per heavy atom. The van der Waals surface area contributed by atoms with E-state index in [2.05, 4.69) is 18.0 Å². The number of unbranched alkanes of at least 4 members (excludes halogenated alkanes) is 1. The molecule has 2 heteroatoms. The lowest BCUT2D eigenvalue weighted by Crippen LogP contribution is -1.98. The van der Waals surface area contributed by atoms with Gasteiger partial charge in [0.15, 0.2) is 0 Å². The molecule has 1 aromatic heterocycles. The number of hydrogen-bond acceptors (Lipinski definition) is 2. The van der Waals surface area contributed by atoms with E-state index in [1.165, 1.54) is 24.0 Å². The minimum absolute atomic E-state index is 0.689. The molecule has 0 spiro atoms. The van der Waals surface area contributed by atoms with Crippen molar-refractivity contribution in [2.75, 3.05) is 5.73 Å². The van der Waals surface area contributed by atoms with E-state index in [0.717, 1.165) is 6.42 Å². The molecule has 0 amide bonds. The predicted octanol–water partition coefficient (Wildman–Crippen LogP) is 2.31. The molecule has 0 bridgehead atoms. The van der Waals surface area contributed by atoms with Crippen molar-refractivity contribution in [1.82, 2.24) is 4.98 Å². The second kappa shape index (κ2) is 4.10. The van der Waals surface area contributed by atoms with Gasteiger partial charge >= 0.3 is 0 Å². The zero-order valence-corrected chi connectivity index (χ0v) is 7.80. The van der Waals surface area contributed by atoms with Crippen LogP contribution in [0.4, 0.5) is 5.82 Å². The molecular weight excluding hydrogens is 148 g/mol. The molecule has 1 heterocycles. The maximum absolute atomic E-state index is 5.72. The van der Waals surface area contributed by atoms with Crippen LogP contribution in [0, 0.1) is 6.92 Å². The highest BCUT2D eigenvalue weighted by molar-refractivity contribution is 5.40.